The predicted molar refractivity (Wildman–Crippen MR) is 139 cm³/mol. The fourth-order valence-corrected chi connectivity index (χ4v) is 4.86. The van der Waals surface area contributed by atoms with E-state index in [0.717, 1.165) is 9.87 Å². The van der Waals surface area contributed by atoms with Gasteiger partial charge in [-0.3, -0.25) is 9.10 Å². The molecule has 1 N–H and O–H groups in total. The van der Waals surface area contributed by atoms with Crippen LogP contribution >= 0.6 is 11.6 Å². The quantitative estimate of drug-likeness (QED) is 0.313. The molecule has 0 aliphatic heterocycles. The van der Waals surface area contributed by atoms with Gasteiger partial charge in [-0.15, -0.1) is 0 Å². The second-order valence-electron chi connectivity index (χ2n) is 7.55. The highest BCUT2D eigenvalue weighted by atomic mass is 35.5. The van der Waals surface area contributed by atoms with Crippen LogP contribution in [0.15, 0.2) is 70.7 Å². The Morgan fingerprint density at radius 2 is 1.58 bits per heavy atom. The maximum Gasteiger partial charge on any atom is 0.264 e. The summed E-state index contributed by atoms with van der Waals surface area (Å²) >= 11 is 6.15. The minimum absolute atomic E-state index is 0.0109. The summed E-state index contributed by atoms with van der Waals surface area (Å²) < 4.78 is 43.9. The second-order valence-corrected chi connectivity index (χ2v) is 9.85. The van der Waals surface area contributed by atoms with Gasteiger partial charge in [-0.25, -0.2) is 13.8 Å². The van der Waals surface area contributed by atoms with Gasteiger partial charge < -0.3 is 14.2 Å². The van der Waals surface area contributed by atoms with Crippen molar-refractivity contribution in [1.29, 1.82) is 0 Å². The van der Waals surface area contributed by atoms with Crippen LogP contribution in [0.1, 0.15) is 11.1 Å². The first-order valence-electron chi connectivity index (χ1n) is 10.7. The van der Waals surface area contributed by atoms with Gasteiger partial charge >= 0.3 is 0 Å². The van der Waals surface area contributed by atoms with Crippen molar-refractivity contribution in [3.8, 4) is 17.2 Å². The molecule has 3 aromatic rings. The summed E-state index contributed by atoms with van der Waals surface area (Å²) in [5.74, 6) is 0.600. The Morgan fingerprint density at radius 3 is 2.22 bits per heavy atom. The van der Waals surface area contributed by atoms with E-state index in [9.17, 15) is 13.2 Å². The highest BCUT2D eigenvalue weighted by molar-refractivity contribution is 7.92. The number of halogens is 1. The number of aryl methyl sites for hydroxylation is 1. The average Bonchev–Trinajstić information content (AvgIpc) is 2.87. The number of amides is 1. The zero-order valence-corrected chi connectivity index (χ0v) is 21.8. The van der Waals surface area contributed by atoms with Gasteiger partial charge in [-0.05, 0) is 61.0 Å². The Labute approximate surface area is 215 Å². The molecule has 0 aromatic heterocycles. The molecule has 0 aliphatic carbocycles. The molecule has 0 saturated carbocycles. The highest BCUT2D eigenvalue weighted by Gasteiger charge is 2.29. The number of nitrogens with one attached hydrogen (secondary N) is 1. The molecule has 0 fully saturated rings. The molecular formula is C25H26ClN3O6S. The average molecular weight is 532 g/mol. The minimum Gasteiger partial charge on any atom is -0.495 e. The molecule has 0 unspecified atom stereocenters. The molecule has 0 heterocycles. The Kier molecular flexibility index (Phi) is 8.78. The van der Waals surface area contributed by atoms with Gasteiger partial charge in [0, 0.05) is 5.02 Å². The third-order valence-electron chi connectivity index (χ3n) is 5.12. The molecule has 3 aromatic carbocycles. The molecule has 190 valence electrons. The summed E-state index contributed by atoms with van der Waals surface area (Å²) in [5, 5.41) is 4.23. The van der Waals surface area contributed by atoms with Gasteiger partial charge in [-0.2, -0.15) is 5.10 Å². The van der Waals surface area contributed by atoms with E-state index in [4.69, 9.17) is 25.8 Å². The van der Waals surface area contributed by atoms with Crippen molar-refractivity contribution in [3.05, 3.63) is 76.8 Å². The number of hydrazone groups is 1. The van der Waals surface area contributed by atoms with Crippen LogP contribution in [0.4, 0.5) is 5.69 Å². The highest BCUT2D eigenvalue weighted by Crippen LogP contribution is 2.35. The monoisotopic (exact) mass is 531 g/mol. The third kappa shape index (κ3) is 6.27. The summed E-state index contributed by atoms with van der Waals surface area (Å²) in [4.78, 5) is 12.8. The lowest BCUT2D eigenvalue weighted by Gasteiger charge is -2.25. The Balaban J connectivity index is 1.89. The van der Waals surface area contributed by atoms with E-state index in [1.807, 2.05) is 6.92 Å². The first-order chi connectivity index (χ1) is 17.2. The number of carbonyl (C=O) groups excluding carboxylic acids is 1. The molecule has 0 aliphatic rings. The Hall–Kier alpha value is -3.76. The Bertz CT molecular complexity index is 1360. The van der Waals surface area contributed by atoms with Crippen LogP contribution in [-0.4, -0.2) is 48.4 Å². The smallest absolute Gasteiger partial charge is 0.264 e. The lowest BCUT2D eigenvalue weighted by atomic mass is 10.2. The molecule has 0 spiro atoms. The summed E-state index contributed by atoms with van der Waals surface area (Å²) in [6.07, 6.45) is 1.40. The van der Waals surface area contributed by atoms with Crippen LogP contribution in [0.25, 0.3) is 0 Å². The van der Waals surface area contributed by atoms with Gasteiger partial charge in [0.2, 0.25) is 0 Å². The molecule has 0 saturated heterocycles. The van der Waals surface area contributed by atoms with Gasteiger partial charge in [0.15, 0.2) is 11.5 Å². The van der Waals surface area contributed by atoms with E-state index in [0.29, 0.717) is 17.1 Å². The maximum absolute atomic E-state index is 13.6. The van der Waals surface area contributed by atoms with Gasteiger partial charge in [0.25, 0.3) is 15.9 Å². The van der Waals surface area contributed by atoms with Crippen LogP contribution in [0.5, 0.6) is 17.2 Å². The zero-order valence-electron chi connectivity index (χ0n) is 20.2. The van der Waals surface area contributed by atoms with E-state index < -0.39 is 22.5 Å². The van der Waals surface area contributed by atoms with Gasteiger partial charge in [0.05, 0.1) is 38.1 Å². The lowest BCUT2D eigenvalue weighted by Crippen LogP contribution is -2.39. The fourth-order valence-electron chi connectivity index (χ4n) is 3.27. The van der Waals surface area contributed by atoms with Crippen LogP contribution in [0.2, 0.25) is 5.02 Å². The number of hydrogen-bond acceptors (Lipinski definition) is 7. The van der Waals surface area contributed by atoms with Crippen molar-refractivity contribution < 1.29 is 27.4 Å². The van der Waals surface area contributed by atoms with Crippen molar-refractivity contribution in [3.63, 3.8) is 0 Å². The number of sulfonamides is 1. The van der Waals surface area contributed by atoms with E-state index in [2.05, 4.69) is 10.5 Å². The standard InChI is InChI=1S/C25H26ClN3O6S/c1-17-5-9-20(10-6-17)36(31,32)29(21-14-19(26)8-12-22(21)33-2)16-25(30)28-27-15-18-7-11-23(34-3)24(13-18)35-4/h5-15H,16H2,1-4H3,(H,28,30)/b27-15+. The van der Waals surface area contributed by atoms with Crippen LogP contribution in [-0.2, 0) is 14.8 Å². The number of nitrogens with zero attached hydrogens (tertiary/aromatic N) is 2. The minimum atomic E-state index is -4.16. The van der Waals surface area contributed by atoms with Crippen LogP contribution in [0.3, 0.4) is 0 Å². The van der Waals surface area contributed by atoms with Crippen molar-refractivity contribution in [2.24, 2.45) is 5.10 Å². The maximum atomic E-state index is 13.6. The first-order valence-corrected chi connectivity index (χ1v) is 12.5. The molecule has 36 heavy (non-hydrogen) atoms. The largest absolute Gasteiger partial charge is 0.495 e. The first kappa shape index (κ1) is 26.8. The van der Waals surface area contributed by atoms with Crippen LogP contribution in [0, 0.1) is 6.92 Å². The number of ether oxygens (including phenoxy) is 3. The lowest BCUT2D eigenvalue weighted by molar-refractivity contribution is -0.119. The number of benzene rings is 3. The van der Waals surface area contributed by atoms with E-state index in [-0.39, 0.29) is 21.4 Å². The summed E-state index contributed by atoms with van der Waals surface area (Å²) in [6, 6.07) is 15.9. The number of rotatable bonds is 10. The molecule has 9 nitrogen and oxygen atoms in total. The molecule has 0 bridgehead atoms. The number of carbonyl (C=O) groups is 1. The molecule has 11 heteroatoms. The number of hydrogen-bond donors (Lipinski definition) is 1. The second kappa shape index (κ2) is 11.8. The fraction of sp³-hybridized carbons (Fsp3) is 0.200. The Morgan fingerprint density at radius 1 is 0.944 bits per heavy atom. The number of anilines is 1. The third-order valence-corrected chi connectivity index (χ3v) is 7.13. The normalized spacial score (nSPS) is 11.2. The van der Waals surface area contributed by atoms with Gasteiger partial charge in [0.1, 0.15) is 12.3 Å². The molecule has 3 rings (SSSR count). The van der Waals surface area contributed by atoms with Crippen molar-refractivity contribution in [1.82, 2.24) is 5.43 Å². The molecule has 0 atom stereocenters. The van der Waals surface area contributed by atoms with E-state index in [1.54, 1.807) is 36.4 Å². The summed E-state index contributed by atoms with van der Waals surface area (Å²) in [5.41, 5.74) is 4.00. The van der Waals surface area contributed by atoms with Crippen molar-refractivity contribution >= 4 is 39.4 Å². The molecular weight excluding hydrogens is 506 g/mol. The summed E-state index contributed by atoms with van der Waals surface area (Å²) in [7, 11) is 0.275. The SMILES string of the molecule is COc1ccc(/C=N/NC(=O)CN(c2cc(Cl)ccc2OC)S(=O)(=O)c2ccc(C)cc2)cc1OC. The number of methoxy groups -OCH3 is 3. The van der Waals surface area contributed by atoms with Crippen molar-refractivity contribution in [2.75, 3.05) is 32.2 Å². The van der Waals surface area contributed by atoms with E-state index in [1.165, 1.54) is 51.8 Å². The van der Waals surface area contributed by atoms with Gasteiger partial charge in [-0.1, -0.05) is 29.3 Å². The van der Waals surface area contributed by atoms with Crippen molar-refractivity contribution in [2.45, 2.75) is 11.8 Å². The van der Waals surface area contributed by atoms with E-state index >= 15 is 0 Å². The zero-order chi connectivity index (χ0) is 26.3. The van der Waals surface area contributed by atoms with Crippen LogP contribution < -0.4 is 23.9 Å². The summed E-state index contributed by atoms with van der Waals surface area (Å²) in [6.45, 7) is 1.27. The topological polar surface area (TPSA) is 107 Å². The predicted octanol–water partition coefficient (Wildman–Crippen LogP) is 4.02. The molecule has 1 amide bonds. The molecule has 0 radical (unpaired) electrons.